The van der Waals surface area contributed by atoms with Crippen LogP contribution in [0.4, 0.5) is 11.4 Å². The molecule has 0 fully saturated rings. The van der Waals surface area contributed by atoms with Crippen molar-refractivity contribution in [3.63, 3.8) is 0 Å². The zero-order valence-corrected chi connectivity index (χ0v) is 26.8. The molecule has 0 aliphatic heterocycles. The topological polar surface area (TPSA) is 105 Å². The lowest BCUT2D eigenvalue weighted by molar-refractivity contribution is 0.0974. The summed E-state index contributed by atoms with van der Waals surface area (Å²) in [5.74, 6) is 1.07. The Kier molecular flexibility index (Phi) is 10.6. The fourth-order valence-electron chi connectivity index (χ4n) is 5.09. The Labute approximate surface area is 267 Å². The van der Waals surface area contributed by atoms with Crippen molar-refractivity contribution in [2.24, 2.45) is 0 Å². The highest BCUT2D eigenvalue weighted by atomic mass is 32.2. The molecule has 0 radical (unpaired) electrons. The molecule has 44 heavy (non-hydrogen) atoms. The number of rotatable bonds is 14. The normalized spacial score (nSPS) is 12.1. The van der Waals surface area contributed by atoms with Crippen LogP contribution in [-0.2, 0) is 0 Å². The number of unbranched alkanes of at least 4 members (excludes halogenated alkanes) is 4. The predicted octanol–water partition coefficient (Wildman–Crippen LogP) is 9.07. The molecule has 0 aromatic heterocycles. The smallest absolute Gasteiger partial charge is 0.196 e. The van der Waals surface area contributed by atoms with Gasteiger partial charge in [-0.25, -0.2) is 0 Å². The largest absolute Gasteiger partial charge is 0.494 e. The predicted molar refractivity (Wildman–Crippen MR) is 180 cm³/mol. The second kappa shape index (κ2) is 14.7. The Balaban J connectivity index is 1.40. The number of ketones is 2. The van der Waals surface area contributed by atoms with Crippen LogP contribution in [0.2, 0.25) is 0 Å². The molecule has 4 aromatic carbocycles. The van der Waals surface area contributed by atoms with Crippen LogP contribution in [0.3, 0.4) is 0 Å². The standard InChI is InChI=1S/C36H38N2O4S2/c1-3-5-7-19-41-23-15-17-29(27(37)21-23)43-31-13-9-11-25-33(31)36(40)34-26(35(25)39)12-10-14-32(34)44-30-18-16-24(22-28(30)38)42-20-8-6-4-2/h9-18,21-22H,3-8,19-20,37-38H2,1-2H3. The molecule has 0 heterocycles. The maximum atomic E-state index is 14.2. The van der Waals surface area contributed by atoms with Gasteiger partial charge in [0.05, 0.1) is 13.2 Å². The van der Waals surface area contributed by atoms with Gasteiger partial charge in [0.15, 0.2) is 11.6 Å². The summed E-state index contributed by atoms with van der Waals surface area (Å²) in [7, 11) is 0. The number of nitrogen functional groups attached to an aromatic ring is 2. The molecule has 0 saturated heterocycles. The van der Waals surface area contributed by atoms with Crippen LogP contribution in [0.1, 0.15) is 84.2 Å². The molecule has 1 aliphatic rings. The number of anilines is 2. The van der Waals surface area contributed by atoms with Gasteiger partial charge in [0.1, 0.15) is 11.5 Å². The highest BCUT2D eigenvalue weighted by Gasteiger charge is 2.34. The molecule has 0 saturated carbocycles. The Morgan fingerprint density at radius 2 is 1.02 bits per heavy atom. The van der Waals surface area contributed by atoms with E-state index in [1.54, 1.807) is 12.1 Å². The number of carbonyl (C=O) groups is 2. The van der Waals surface area contributed by atoms with E-state index < -0.39 is 0 Å². The minimum absolute atomic E-state index is 0.174. The molecule has 228 valence electrons. The monoisotopic (exact) mass is 626 g/mol. The fourth-order valence-corrected chi connectivity index (χ4v) is 7.09. The van der Waals surface area contributed by atoms with Crippen LogP contribution in [-0.4, -0.2) is 24.8 Å². The van der Waals surface area contributed by atoms with Crippen molar-refractivity contribution in [3.8, 4) is 11.5 Å². The van der Waals surface area contributed by atoms with Gasteiger partial charge in [0, 0.05) is 65.3 Å². The number of nitrogens with two attached hydrogens (primary N) is 2. The first kappa shape index (κ1) is 31.5. The van der Waals surface area contributed by atoms with E-state index in [0.717, 1.165) is 59.8 Å². The molecule has 6 nitrogen and oxygen atoms in total. The van der Waals surface area contributed by atoms with E-state index in [4.69, 9.17) is 20.9 Å². The van der Waals surface area contributed by atoms with Gasteiger partial charge in [-0.05, 0) is 49.2 Å². The van der Waals surface area contributed by atoms with E-state index in [9.17, 15) is 9.59 Å². The summed E-state index contributed by atoms with van der Waals surface area (Å²) in [5, 5.41) is 0. The van der Waals surface area contributed by atoms with Gasteiger partial charge >= 0.3 is 0 Å². The molecule has 0 unspecified atom stereocenters. The van der Waals surface area contributed by atoms with Crippen LogP contribution in [0.15, 0.2) is 92.4 Å². The molecule has 0 atom stereocenters. The third kappa shape index (κ3) is 7.08. The SMILES string of the molecule is CCCCCOc1ccc(Sc2cccc3c2C(=O)c2c(Sc4ccc(OCCCCC)cc4N)cccc2C3=O)c(N)c1. The summed E-state index contributed by atoms with van der Waals surface area (Å²) in [6.07, 6.45) is 6.48. The first-order chi connectivity index (χ1) is 21.4. The van der Waals surface area contributed by atoms with Gasteiger partial charge in [-0.1, -0.05) is 87.3 Å². The van der Waals surface area contributed by atoms with Gasteiger partial charge in [-0.3, -0.25) is 9.59 Å². The first-order valence-corrected chi connectivity index (χ1v) is 16.8. The molecule has 0 amide bonds. The minimum Gasteiger partial charge on any atom is -0.494 e. The molecule has 0 bridgehead atoms. The molecule has 4 aromatic rings. The van der Waals surface area contributed by atoms with Crippen molar-refractivity contribution in [1.29, 1.82) is 0 Å². The molecule has 1 aliphatic carbocycles. The Bertz CT molecular complexity index is 1550. The van der Waals surface area contributed by atoms with Gasteiger partial charge < -0.3 is 20.9 Å². The average molecular weight is 627 g/mol. The van der Waals surface area contributed by atoms with Crippen LogP contribution >= 0.6 is 23.5 Å². The molecule has 0 spiro atoms. The third-order valence-corrected chi connectivity index (χ3v) is 9.74. The van der Waals surface area contributed by atoms with Gasteiger partial charge in [-0.15, -0.1) is 0 Å². The second-order valence-electron chi connectivity index (χ2n) is 10.7. The lowest BCUT2D eigenvalue weighted by Gasteiger charge is -2.22. The summed E-state index contributed by atoms with van der Waals surface area (Å²) >= 11 is 2.76. The Morgan fingerprint density at radius 3 is 1.43 bits per heavy atom. The van der Waals surface area contributed by atoms with Crippen molar-refractivity contribution in [2.75, 3.05) is 24.7 Å². The number of fused-ring (bicyclic) bond motifs is 2. The molecular weight excluding hydrogens is 589 g/mol. The number of carbonyl (C=O) groups excluding carboxylic acids is 2. The van der Waals surface area contributed by atoms with Crippen molar-refractivity contribution in [2.45, 2.75) is 72.0 Å². The Hall–Kier alpha value is -3.88. The number of hydrogen-bond donors (Lipinski definition) is 2. The van der Waals surface area contributed by atoms with Crippen molar-refractivity contribution >= 4 is 46.5 Å². The van der Waals surface area contributed by atoms with E-state index in [1.165, 1.54) is 23.5 Å². The minimum atomic E-state index is -0.190. The summed E-state index contributed by atoms with van der Waals surface area (Å²) in [5.41, 5.74) is 15.5. The van der Waals surface area contributed by atoms with Crippen LogP contribution < -0.4 is 20.9 Å². The lowest BCUT2D eigenvalue weighted by atomic mass is 9.84. The maximum absolute atomic E-state index is 14.2. The Morgan fingerprint density at radius 1 is 0.568 bits per heavy atom. The van der Waals surface area contributed by atoms with Crippen molar-refractivity contribution in [3.05, 3.63) is 95.1 Å². The lowest BCUT2D eigenvalue weighted by Crippen LogP contribution is -2.22. The highest BCUT2D eigenvalue weighted by molar-refractivity contribution is 8.00. The highest BCUT2D eigenvalue weighted by Crippen LogP contribution is 2.43. The summed E-state index contributed by atoms with van der Waals surface area (Å²) in [6.45, 7) is 5.60. The van der Waals surface area contributed by atoms with E-state index in [-0.39, 0.29) is 11.6 Å². The summed E-state index contributed by atoms with van der Waals surface area (Å²) in [4.78, 5) is 30.9. The average Bonchev–Trinajstić information content (AvgIpc) is 3.02. The molecule has 8 heteroatoms. The third-order valence-electron chi connectivity index (χ3n) is 7.43. The van der Waals surface area contributed by atoms with Crippen molar-refractivity contribution < 1.29 is 19.1 Å². The number of hydrogen-bond acceptors (Lipinski definition) is 8. The van der Waals surface area contributed by atoms with E-state index in [1.807, 2.05) is 60.7 Å². The fraction of sp³-hybridized carbons (Fsp3) is 0.278. The molecular formula is C36H38N2O4S2. The summed E-state index contributed by atoms with van der Waals surface area (Å²) in [6, 6.07) is 22.0. The van der Waals surface area contributed by atoms with E-state index in [2.05, 4.69) is 13.8 Å². The maximum Gasteiger partial charge on any atom is 0.196 e. The van der Waals surface area contributed by atoms with E-state index >= 15 is 0 Å². The van der Waals surface area contributed by atoms with Crippen molar-refractivity contribution in [1.82, 2.24) is 0 Å². The zero-order valence-electron chi connectivity index (χ0n) is 25.2. The summed E-state index contributed by atoms with van der Waals surface area (Å²) < 4.78 is 11.7. The number of ether oxygens (including phenoxy) is 2. The van der Waals surface area contributed by atoms with Gasteiger partial charge in [0.25, 0.3) is 0 Å². The van der Waals surface area contributed by atoms with Crippen LogP contribution in [0.25, 0.3) is 0 Å². The van der Waals surface area contributed by atoms with Crippen LogP contribution in [0, 0.1) is 0 Å². The first-order valence-electron chi connectivity index (χ1n) is 15.2. The van der Waals surface area contributed by atoms with Gasteiger partial charge in [0.2, 0.25) is 0 Å². The van der Waals surface area contributed by atoms with E-state index in [0.29, 0.717) is 56.6 Å². The molecule has 5 rings (SSSR count). The van der Waals surface area contributed by atoms with Crippen LogP contribution in [0.5, 0.6) is 11.5 Å². The second-order valence-corrected chi connectivity index (χ2v) is 12.9. The number of benzene rings is 4. The zero-order chi connectivity index (χ0) is 31.1. The molecule has 4 N–H and O–H groups in total. The quantitative estimate of drug-likeness (QED) is 0.0929. The van der Waals surface area contributed by atoms with Gasteiger partial charge in [-0.2, -0.15) is 0 Å².